The van der Waals surface area contributed by atoms with Crippen LogP contribution in [0.3, 0.4) is 0 Å². The quantitative estimate of drug-likeness (QED) is 0.222. The van der Waals surface area contributed by atoms with Gasteiger partial charge in [0, 0.05) is 30.9 Å². The number of likely N-dealkylation sites (N-methyl/N-ethyl adjacent to an activating group) is 1. The molecular weight excluding hydrogens is 560 g/mol. The number of carbonyl (C=O) groups excluding carboxylic acids is 2. The first-order valence-corrected chi connectivity index (χ1v) is 14.5. The molecular formula is C35H34N2O7. The monoisotopic (exact) mass is 594 g/mol. The van der Waals surface area contributed by atoms with Gasteiger partial charge in [0.15, 0.2) is 6.10 Å². The first-order valence-electron chi connectivity index (χ1n) is 14.5. The van der Waals surface area contributed by atoms with Gasteiger partial charge < -0.3 is 28.6 Å². The molecule has 9 nitrogen and oxygen atoms in total. The summed E-state index contributed by atoms with van der Waals surface area (Å²) in [6.45, 7) is 1.47. The molecule has 226 valence electrons. The van der Waals surface area contributed by atoms with Gasteiger partial charge in [0.1, 0.15) is 36.5 Å². The molecule has 9 heteroatoms. The number of nitrogens with zero attached hydrogens (tertiary/aromatic N) is 2. The van der Waals surface area contributed by atoms with Gasteiger partial charge >= 0.3 is 0 Å². The predicted octanol–water partition coefficient (Wildman–Crippen LogP) is 5.14. The van der Waals surface area contributed by atoms with E-state index in [1.54, 1.807) is 36.1 Å². The van der Waals surface area contributed by atoms with Crippen molar-refractivity contribution >= 4 is 17.5 Å². The van der Waals surface area contributed by atoms with Crippen LogP contribution in [0.15, 0.2) is 103 Å². The predicted molar refractivity (Wildman–Crippen MR) is 163 cm³/mol. The van der Waals surface area contributed by atoms with E-state index in [4.69, 9.17) is 23.7 Å². The number of rotatable bonds is 11. The molecule has 44 heavy (non-hydrogen) atoms. The summed E-state index contributed by atoms with van der Waals surface area (Å²) in [5.41, 5.74) is 3.40. The summed E-state index contributed by atoms with van der Waals surface area (Å²) < 4.78 is 29.6. The molecule has 0 saturated carbocycles. The van der Waals surface area contributed by atoms with Crippen LogP contribution in [0.5, 0.6) is 17.2 Å². The fourth-order valence-corrected chi connectivity index (χ4v) is 5.27. The maximum Gasteiger partial charge on any atom is 0.279 e. The van der Waals surface area contributed by atoms with Crippen LogP contribution in [-0.4, -0.2) is 56.4 Å². The molecule has 2 fully saturated rings. The molecule has 0 aromatic heterocycles. The van der Waals surface area contributed by atoms with Gasteiger partial charge in [-0.05, 0) is 47.5 Å². The maximum absolute atomic E-state index is 13.7. The van der Waals surface area contributed by atoms with E-state index in [-0.39, 0.29) is 11.8 Å². The summed E-state index contributed by atoms with van der Waals surface area (Å²) in [4.78, 5) is 29.7. The minimum absolute atomic E-state index is 0.289. The van der Waals surface area contributed by atoms with Crippen LogP contribution in [0.2, 0.25) is 0 Å². The van der Waals surface area contributed by atoms with E-state index in [0.717, 1.165) is 11.1 Å². The van der Waals surface area contributed by atoms with Crippen molar-refractivity contribution in [3.05, 3.63) is 120 Å². The highest BCUT2D eigenvalue weighted by Crippen LogP contribution is 2.46. The molecule has 3 unspecified atom stereocenters. The van der Waals surface area contributed by atoms with Crippen LogP contribution in [0.4, 0.5) is 5.69 Å². The lowest BCUT2D eigenvalue weighted by atomic mass is 9.88. The van der Waals surface area contributed by atoms with Crippen LogP contribution in [-0.2, 0) is 32.3 Å². The van der Waals surface area contributed by atoms with Crippen LogP contribution in [0, 0.1) is 0 Å². The molecule has 0 aliphatic carbocycles. The number of morpholine rings is 1. The average molecular weight is 595 g/mol. The number of anilines is 1. The minimum atomic E-state index is -1.18. The SMILES string of the molecule is COc1ccc(N2C(=O)C(OC3OCCN(C)C3=O)C2c2ccc(OCc3ccccc3)cc2OCc2ccccc2)cc1. The second kappa shape index (κ2) is 13.2. The third kappa shape index (κ3) is 6.24. The molecule has 2 amide bonds. The van der Waals surface area contributed by atoms with Crippen molar-refractivity contribution < 1.29 is 33.3 Å². The van der Waals surface area contributed by atoms with Crippen molar-refractivity contribution in [1.29, 1.82) is 0 Å². The van der Waals surface area contributed by atoms with E-state index in [9.17, 15) is 9.59 Å². The van der Waals surface area contributed by atoms with Gasteiger partial charge in [0.25, 0.3) is 11.8 Å². The van der Waals surface area contributed by atoms with Crippen molar-refractivity contribution in [2.24, 2.45) is 0 Å². The fourth-order valence-electron chi connectivity index (χ4n) is 5.27. The molecule has 2 heterocycles. The van der Waals surface area contributed by atoms with E-state index in [0.29, 0.717) is 54.9 Å². The number of hydrogen-bond donors (Lipinski definition) is 0. The zero-order chi connectivity index (χ0) is 30.5. The normalized spacial score (nSPS) is 19.8. The standard InChI is InChI=1S/C35H34N2O7/c1-36-19-20-41-35(34(36)39)44-32-31(37(33(32)38)26-13-15-27(40-2)16-14-26)29-18-17-28(42-22-24-9-5-3-6-10-24)21-30(29)43-23-25-11-7-4-8-12-25/h3-18,21,31-32,35H,19-20,22-23H2,1-2H3. The molecule has 0 N–H and O–H groups in total. The van der Waals surface area contributed by atoms with Gasteiger partial charge in [-0.25, -0.2) is 0 Å². The second-order valence-electron chi connectivity index (χ2n) is 10.6. The Balaban J connectivity index is 1.35. The number of benzene rings is 4. The number of amides is 2. The molecule has 2 aliphatic heterocycles. The number of methoxy groups -OCH3 is 1. The number of hydrogen-bond acceptors (Lipinski definition) is 7. The van der Waals surface area contributed by atoms with E-state index >= 15 is 0 Å². The lowest BCUT2D eigenvalue weighted by molar-refractivity contribution is -0.215. The highest BCUT2D eigenvalue weighted by atomic mass is 16.7. The number of carbonyl (C=O) groups is 2. The second-order valence-corrected chi connectivity index (χ2v) is 10.6. The lowest BCUT2D eigenvalue weighted by Crippen LogP contribution is -2.62. The summed E-state index contributed by atoms with van der Waals surface area (Å²) >= 11 is 0. The first-order chi connectivity index (χ1) is 21.5. The minimum Gasteiger partial charge on any atom is -0.497 e. The van der Waals surface area contributed by atoms with Gasteiger partial charge in [0.2, 0.25) is 6.29 Å². The Morgan fingerprint density at radius 3 is 2.07 bits per heavy atom. The number of ether oxygens (including phenoxy) is 5. The average Bonchev–Trinajstić information content (AvgIpc) is 3.07. The summed E-state index contributed by atoms with van der Waals surface area (Å²) in [7, 11) is 3.28. The van der Waals surface area contributed by atoms with Gasteiger partial charge in [-0.1, -0.05) is 60.7 Å². The lowest BCUT2D eigenvalue weighted by Gasteiger charge is -2.48. The van der Waals surface area contributed by atoms with Crippen LogP contribution in [0.25, 0.3) is 0 Å². The third-order valence-electron chi connectivity index (χ3n) is 7.73. The Hall–Kier alpha value is -4.86. The molecule has 0 spiro atoms. The van der Waals surface area contributed by atoms with Gasteiger partial charge in [-0.3, -0.25) is 14.5 Å². The zero-order valence-electron chi connectivity index (χ0n) is 24.6. The third-order valence-corrected chi connectivity index (χ3v) is 7.73. The Bertz CT molecular complexity index is 1580. The summed E-state index contributed by atoms with van der Waals surface area (Å²) in [6.07, 6.45) is -2.15. The molecule has 6 rings (SSSR count). The fraction of sp³-hybridized carbons (Fsp3) is 0.257. The van der Waals surface area contributed by atoms with Crippen molar-refractivity contribution in [2.75, 3.05) is 32.2 Å². The largest absolute Gasteiger partial charge is 0.497 e. The van der Waals surface area contributed by atoms with Crippen LogP contribution in [0.1, 0.15) is 22.7 Å². The molecule has 0 bridgehead atoms. The maximum atomic E-state index is 13.7. The van der Waals surface area contributed by atoms with E-state index < -0.39 is 18.4 Å². The van der Waals surface area contributed by atoms with Crippen molar-refractivity contribution in [2.45, 2.75) is 31.6 Å². The molecule has 4 aromatic carbocycles. The van der Waals surface area contributed by atoms with E-state index in [1.807, 2.05) is 91.0 Å². The molecule has 4 aromatic rings. The molecule has 2 aliphatic rings. The van der Waals surface area contributed by atoms with Crippen molar-refractivity contribution in [3.8, 4) is 17.2 Å². The van der Waals surface area contributed by atoms with Crippen molar-refractivity contribution in [3.63, 3.8) is 0 Å². The van der Waals surface area contributed by atoms with Crippen LogP contribution < -0.4 is 19.1 Å². The van der Waals surface area contributed by atoms with Crippen LogP contribution >= 0.6 is 0 Å². The Labute approximate surface area is 256 Å². The van der Waals surface area contributed by atoms with E-state index in [2.05, 4.69) is 0 Å². The highest BCUT2D eigenvalue weighted by Gasteiger charge is 2.53. The Morgan fingerprint density at radius 2 is 1.41 bits per heavy atom. The van der Waals surface area contributed by atoms with Gasteiger partial charge in [0.05, 0.1) is 13.7 Å². The number of β-lactam (4-membered cyclic amide) rings is 1. The first kappa shape index (κ1) is 29.2. The Morgan fingerprint density at radius 1 is 0.773 bits per heavy atom. The molecule has 0 radical (unpaired) electrons. The Kier molecular flexibility index (Phi) is 8.76. The summed E-state index contributed by atoms with van der Waals surface area (Å²) in [6, 6.07) is 31.9. The smallest absolute Gasteiger partial charge is 0.279 e. The van der Waals surface area contributed by atoms with Crippen molar-refractivity contribution in [1.82, 2.24) is 4.90 Å². The summed E-state index contributed by atoms with van der Waals surface area (Å²) in [5.74, 6) is 1.21. The zero-order valence-corrected chi connectivity index (χ0v) is 24.6. The highest BCUT2D eigenvalue weighted by molar-refractivity contribution is 6.05. The molecule has 3 atom stereocenters. The van der Waals surface area contributed by atoms with Gasteiger partial charge in [-0.15, -0.1) is 0 Å². The summed E-state index contributed by atoms with van der Waals surface area (Å²) in [5, 5.41) is 0. The van der Waals surface area contributed by atoms with E-state index in [1.165, 1.54) is 0 Å². The van der Waals surface area contributed by atoms with Gasteiger partial charge in [-0.2, -0.15) is 0 Å². The molecule has 2 saturated heterocycles. The topological polar surface area (TPSA) is 86.8 Å².